The van der Waals surface area contributed by atoms with E-state index in [1.165, 1.54) is 24.9 Å². The predicted octanol–water partition coefficient (Wildman–Crippen LogP) is 2.01. The van der Waals surface area contributed by atoms with Gasteiger partial charge in [-0.05, 0) is 49.5 Å². The average Bonchev–Trinajstić information content (AvgIpc) is 2.53. The minimum Gasteiger partial charge on any atom is -0.383 e. The van der Waals surface area contributed by atoms with Gasteiger partial charge >= 0.3 is 0 Å². The molecule has 114 valence electrons. The zero-order chi connectivity index (χ0) is 14.9. The second-order valence-electron chi connectivity index (χ2n) is 5.75. The summed E-state index contributed by atoms with van der Waals surface area (Å²) in [5.74, 6) is 0.731. The summed E-state index contributed by atoms with van der Waals surface area (Å²) in [6.07, 6.45) is 2.58. The third-order valence-electron chi connectivity index (χ3n) is 4.01. The lowest BCUT2D eigenvalue weighted by Gasteiger charge is -2.33. The number of piperidine rings is 1. The summed E-state index contributed by atoms with van der Waals surface area (Å²) in [6, 6.07) is 10.1. The van der Waals surface area contributed by atoms with Crippen LogP contribution >= 0.6 is 0 Å². The van der Waals surface area contributed by atoms with E-state index in [-0.39, 0.29) is 0 Å². The van der Waals surface area contributed by atoms with Crippen molar-refractivity contribution in [3.05, 3.63) is 35.4 Å². The minimum absolute atomic E-state index is 0.731. The fourth-order valence-corrected chi connectivity index (χ4v) is 2.88. The van der Waals surface area contributed by atoms with Crippen LogP contribution in [0.1, 0.15) is 24.0 Å². The fourth-order valence-electron chi connectivity index (χ4n) is 2.88. The van der Waals surface area contributed by atoms with Crippen molar-refractivity contribution < 1.29 is 4.74 Å². The summed E-state index contributed by atoms with van der Waals surface area (Å²) in [5, 5.41) is 12.3. The SMILES string of the molecule is COCCNCC1CCCN(Cc2ccc(C#N)cc2)C1. The van der Waals surface area contributed by atoms with E-state index in [9.17, 15) is 0 Å². The summed E-state index contributed by atoms with van der Waals surface area (Å²) in [6.45, 7) is 6.10. The van der Waals surface area contributed by atoms with E-state index in [0.29, 0.717) is 0 Å². The standard InChI is InChI=1S/C17H25N3O/c1-21-10-8-19-12-17-3-2-9-20(14-17)13-16-6-4-15(11-18)5-7-16/h4-7,17,19H,2-3,8-10,12-14H2,1H3. The molecule has 2 rings (SSSR count). The van der Waals surface area contributed by atoms with Gasteiger partial charge in [0.1, 0.15) is 0 Å². The van der Waals surface area contributed by atoms with Crippen LogP contribution in [0.2, 0.25) is 0 Å². The van der Waals surface area contributed by atoms with E-state index in [2.05, 4.69) is 28.4 Å². The zero-order valence-corrected chi connectivity index (χ0v) is 12.8. The molecule has 0 amide bonds. The molecule has 1 saturated heterocycles. The Morgan fingerprint density at radius 3 is 2.90 bits per heavy atom. The highest BCUT2D eigenvalue weighted by Gasteiger charge is 2.19. The van der Waals surface area contributed by atoms with Crippen molar-refractivity contribution in [1.82, 2.24) is 10.2 Å². The third-order valence-corrected chi connectivity index (χ3v) is 4.01. The van der Waals surface area contributed by atoms with Gasteiger partial charge in [0.25, 0.3) is 0 Å². The molecule has 1 aromatic rings. The van der Waals surface area contributed by atoms with Crippen molar-refractivity contribution in [2.75, 3.05) is 39.9 Å². The molecule has 1 aliphatic rings. The first-order chi connectivity index (χ1) is 10.3. The molecule has 0 spiro atoms. The molecule has 4 heteroatoms. The second-order valence-corrected chi connectivity index (χ2v) is 5.75. The lowest BCUT2D eigenvalue weighted by Crippen LogP contribution is -2.39. The molecule has 0 radical (unpaired) electrons. The van der Waals surface area contributed by atoms with Gasteiger partial charge in [0.15, 0.2) is 0 Å². The molecule has 0 aromatic heterocycles. The lowest BCUT2D eigenvalue weighted by molar-refractivity contribution is 0.159. The molecule has 4 nitrogen and oxygen atoms in total. The normalized spacial score (nSPS) is 19.3. The van der Waals surface area contributed by atoms with Crippen molar-refractivity contribution in [1.29, 1.82) is 5.26 Å². The van der Waals surface area contributed by atoms with Gasteiger partial charge in [-0.2, -0.15) is 5.26 Å². The highest BCUT2D eigenvalue weighted by atomic mass is 16.5. The Hall–Kier alpha value is -1.41. The van der Waals surface area contributed by atoms with Crippen LogP contribution in [0, 0.1) is 17.2 Å². The summed E-state index contributed by atoms with van der Waals surface area (Å²) < 4.78 is 5.05. The van der Waals surface area contributed by atoms with E-state index in [1.807, 2.05) is 12.1 Å². The molecular weight excluding hydrogens is 262 g/mol. The highest BCUT2D eigenvalue weighted by molar-refractivity contribution is 5.31. The van der Waals surface area contributed by atoms with Crippen LogP contribution in [0.3, 0.4) is 0 Å². The first kappa shape index (κ1) is 16.0. The van der Waals surface area contributed by atoms with Gasteiger partial charge in [0.2, 0.25) is 0 Å². The number of methoxy groups -OCH3 is 1. The van der Waals surface area contributed by atoms with Crippen LogP contribution < -0.4 is 5.32 Å². The molecule has 0 bridgehead atoms. The van der Waals surface area contributed by atoms with Gasteiger partial charge in [-0.25, -0.2) is 0 Å². The molecule has 1 aromatic carbocycles. The number of nitrogens with zero attached hydrogens (tertiary/aromatic N) is 2. The Balaban J connectivity index is 1.76. The number of rotatable bonds is 7. The Labute approximate surface area is 127 Å². The van der Waals surface area contributed by atoms with E-state index >= 15 is 0 Å². The predicted molar refractivity (Wildman–Crippen MR) is 83.9 cm³/mol. The van der Waals surface area contributed by atoms with E-state index in [0.717, 1.165) is 44.3 Å². The number of hydrogen-bond acceptors (Lipinski definition) is 4. The number of hydrogen-bond donors (Lipinski definition) is 1. The maximum atomic E-state index is 8.83. The van der Waals surface area contributed by atoms with Crippen molar-refractivity contribution in [2.24, 2.45) is 5.92 Å². The molecule has 0 saturated carbocycles. The fraction of sp³-hybridized carbons (Fsp3) is 0.588. The van der Waals surface area contributed by atoms with Gasteiger partial charge in [-0.1, -0.05) is 12.1 Å². The molecule has 1 unspecified atom stereocenters. The topological polar surface area (TPSA) is 48.3 Å². The summed E-state index contributed by atoms with van der Waals surface area (Å²) >= 11 is 0. The number of benzene rings is 1. The molecular formula is C17H25N3O. The Morgan fingerprint density at radius 1 is 1.38 bits per heavy atom. The minimum atomic E-state index is 0.731. The van der Waals surface area contributed by atoms with Crippen molar-refractivity contribution in [3.8, 4) is 6.07 Å². The molecule has 1 fully saturated rings. The summed E-state index contributed by atoms with van der Waals surface area (Å²) in [5.41, 5.74) is 2.03. The first-order valence-corrected chi connectivity index (χ1v) is 7.73. The van der Waals surface area contributed by atoms with Crippen LogP contribution in [-0.2, 0) is 11.3 Å². The zero-order valence-electron chi connectivity index (χ0n) is 12.8. The van der Waals surface area contributed by atoms with Crippen LogP contribution in [-0.4, -0.2) is 44.8 Å². The summed E-state index contributed by atoms with van der Waals surface area (Å²) in [7, 11) is 1.74. The van der Waals surface area contributed by atoms with Crippen LogP contribution in [0.5, 0.6) is 0 Å². The van der Waals surface area contributed by atoms with Gasteiger partial charge in [0.05, 0.1) is 18.2 Å². The maximum absolute atomic E-state index is 8.83. The quantitative estimate of drug-likeness (QED) is 0.779. The van der Waals surface area contributed by atoms with Gasteiger partial charge in [-0.3, -0.25) is 4.90 Å². The van der Waals surface area contributed by atoms with E-state index in [1.54, 1.807) is 7.11 Å². The molecule has 1 atom stereocenters. The van der Waals surface area contributed by atoms with Crippen LogP contribution in [0.25, 0.3) is 0 Å². The average molecular weight is 287 g/mol. The first-order valence-electron chi connectivity index (χ1n) is 7.73. The summed E-state index contributed by atoms with van der Waals surface area (Å²) in [4.78, 5) is 2.52. The van der Waals surface area contributed by atoms with Crippen LogP contribution in [0.15, 0.2) is 24.3 Å². The second kappa shape index (κ2) is 8.78. The number of nitrogens with one attached hydrogen (secondary N) is 1. The molecule has 0 aliphatic carbocycles. The van der Waals surface area contributed by atoms with E-state index < -0.39 is 0 Å². The van der Waals surface area contributed by atoms with Crippen molar-refractivity contribution in [2.45, 2.75) is 19.4 Å². The van der Waals surface area contributed by atoms with Gasteiger partial charge in [-0.15, -0.1) is 0 Å². The number of nitriles is 1. The monoisotopic (exact) mass is 287 g/mol. The van der Waals surface area contributed by atoms with Crippen molar-refractivity contribution in [3.63, 3.8) is 0 Å². The largest absolute Gasteiger partial charge is 0.383 e. The molecule has 1 aliphatic heterocycles. The van der Waals surface area contributed by atoms with Gasteiger partial charge in [0, 0.05) is 26.7 Å². The Morgan fingerprint density at radius 2 is 2.19 bits per heavy atom. The highest BCUT2D eigenvalue weighted by Crippen LogP contribution is 2.18. The van der Waals surface area contributed by atoms with Crippen LogP contribution in [0.4, 0.5) is 0 Å². The Bertz CT molecular complexity index is 452. The Kier molecular flexibility index (Phi) is 6.68. The molecule has 21 heavy (non-hydrogen) atoms. The number of likely N-dealkylation sites (tertiary alicyclic amines) is 1. The number of ether oxygens (including phenoxy) is 1. The third kappa shape index (κ3) is 5.47. The van der Waals surface area contributed by atoms with E-state index in [4.69, 9.17) is 10.00 Å². The maximum Gasteiger partial charge on any atom is 0.0991 e. The lowest BCUT2D eigenvalue weighted by atomic mass is 9.97. The smallest absolute Gasteiger partial charge is 0.0991 e. The molecule has 1 heterocycles. The van der Waals surface area contributed by atoms with Crippen molar-refractivity contribution >= 4 is 0 Å². The van der Waals surface area contributed by atoms with Gasteiger partial charge < -0.3 is 10.1 Å². The molecule has 1 N–H and O–H groups in total.